The quantitative estimate of drug-likeness (QED) is 0.703. The number of carbonyl (C=O) groups excluding carboxylic acids is 1. The van der Waals surface area contributed by atoms with Crippen LogP contribution in [-0.2, 0) is 9.53 Å². The van der Waals surface area contributed by atoms with Crippen molar-refractivity contribution in [3.63, 3.8) is 0 Å². The van der Waals surface area contributed by atoms with Crippen molar-refractivity contribution >= 4 is 35.0 Å². The van der Waals surface area contributed by atoms with E-state index in [9.17, 15) is 4.79 Å². The topological polar surface area (TPSA) is 77.5 Å². The third-order valence-corrected chi connectivity index (χ3v) is 4.94. The average Bonchev–Trinajstić information content (AvgIpc) is 3.13. The summed E-state index contributed by atoms with van der Waals surface area (Å²) in [5, 5.41) is 3.98. The predicted octanol–water partition coefficient (Wildman–Crippen LogP) is 4.21. The normalized spacial score (nSPS) is 15.9. The third-order valence-electron chi connectivity index (χ3n) is 4.94. The van der Waals surface area contributed by atoms with Crippen LogP contribution in [0.5, 0.6) is 0 Å². The molecule has 5 nitrogen and oxygen atoms in total. The minimum Gasteiger partial charge on any atom is -0.456 e. The first-order valence-electron chi connectivity index (χ1n) is 8.94. The van der Waals surface area contributed by atoms with E-state index in [4.69, 9.17) is 14.9 Å². The SMILES string of the molecule is Cl.NC(C(=O)Nc1ccc(-c2cc3ccccc3o2)cc1)C1CCOCC1. The molecule has 4 rings (SSSR count). The van der Waals surface area contributed by atoms with Crippen LogP contribution in [0.3, 0.4) is 0 Å². The Kier molecular flexibility index (Phi) is 6.16. The van der Waals surface area contributed by atoms with E-state index in [1.807, 2.05) is 54.6 Å². The van der Waals surface area contributed by atoms with Crippen molar-refractivity contribution in [2.75, 3.05) is 18.5 Å². The first-order chi connectivity index (χ1) is 12.7. The molecule has 1 fully saturated rings. The summed E-state index contributed by atoms with van der Waals surface area (Å²) in [5.74, 6) is 0.843. The maximum Gasteiger partial charge on any atom is 0.241 e. The van der Waals surface area contributed by atoms with Crippen LogP contribution in [0.2, 0.25) is 0 Å². The number of anilines is 1. The van der Waals surface area contributed by atoms with Crippen LogP contribution in [0, 0.1) is 5.92 Å². The van der Waals surface area contributed by atoms with Crippen molar-refractivity contribution in [3.8, 4) is 11.3 Å². The molecule has 1 saturated heterocycles. The van der Waals surface area contributed by atoms with E-state index in [1.165, 1.54) is 0 Å². The van der Waals surface area contributed by atoms with E-state index in [2.05, 4.69) is 5.32 Å². The van der Waals surface area contributed by atoms with Crippen molar-refractivity contribution < 1.29 is 13.9 Å². The molecule has 3 N–H and O–H groups in total. The van der Waals surface area contributed by atoms with E-state index in [0.717, 1.165) is 40.8 Å². The fourth-order valence-corrected chi connectivity index (χ4v) is 3.36. The number of benzene rings is 2. The van der Waals surface area contributed by atoms with Crippen molar-refractivity contribution in [3.05, 3.63) is 54.6 Å². The molecule has 0 aliphatic carbocycles. The van der Waals surface area contributed by atoms with E-state index in [-0.39, 0.29) is 24.2 Å². The van der Waals surface area contributed by atoms with Crippen LogP contribution in [0.15, 0.2) is 59.0 Å². The molecule has 1 aromatic heterocycles. The summed E-state index contributed by atoms with van der Waals surface area (Å²) in [6.45, 7) is 1.36. The Morgan fingerprint density at radius 1 is 1.07 bits per heavy atom. The Morgan fingerprint density at radius 3 is 2.48 bits per heavy atom. The highest BCUT2D eigenvalue weighted by Gasteiger charge is 2.26. The summed E-state index contributed by atoms with van der Waals surface area (Å²) in [7, 11) is 0. The van der Waals surface area contributed by atoms with Gasteiger partial charge < -0.3 is 20.2 Å². The first-order valence-corrected chi connectivity index (χ1v) is 8.94. The zero-order valence-electron chi connectivity index (χ0n) is 14.9. The molecule has 27 heavy (non-hydrogen) atoms. The lowest BCUT2D eigenvalue weighted by Gasteiger charge is -2.26. The summed E-state index contributed by atoms with van der Waals surface area (Å²) in [5.41, 5.74) is 8.68. The standard InChI is InChI=1S/C21H22N2O3.ClH/c22-20(15-9-11-25-12-10-15)21(24)23-17-7-5-14(6-8-17)19-13-16-3-1-2-4-18(16)26-19;/h1-8,13,15,20H,9-12,22H2,(H,23,24);1H. The molecule has 3 aromatic rings. The van der Waals surface area contributed by atoms with Gasteiger partial charge in [-0.05, 0) is 55.2 Å². The number of nitrogens with one attached hydrogen (secondary N) is 1. The molecule has 1 unspecified atom stereocenters. The van der Waals surface area contributed by atoms with Gasteiger partial charge in [-0.3, -0.25) is 4.79 Å². The van der Waals surface area contributed by atoms with Crippen molar-refractivity contribution in [1.29, 1.82) is 0 Å². The summed E-state index contributed by atoms with van der Waals surface area (Å²) < 4.78 is 11.2. The van der Waals surface area contributed by atoms with Gasteiger partial charge in [0.15, 0.2) is 0 Å². The van der Waals surface area contributed by atoms with Gasteiger partial charge in [-0.15, -0.1) is 12.4 Å². The third kappa shape index (κ3) is 4.33. The van der Waals surface area contributed by atoms with Crippen molar-refractivity contribution in [2.24, 2.45) is 11.7 Å². The van der Waals surface area contributed by atoms with Crippen LogP contribution in [-0.4, -0.2) is 25.2 Å². The molecule has 6 heteroatoms. The van der Waals surface area contributed by atoms with E-state index >= 15 is 0 Å². The van der Waals surface area contributed by atoms with Gasteiger partial charge >= 0.3 is 0 Å². The fourth-order valence-electron chi connectivity index (χ4n) is 3.36. The Labute approximate surface area is 164 Å². The van der Waals surface area contributed by atoms with Gasteiger partial charge in [0.2, 0.25) is 5.91 Å². The van der Waals surface area contributed by atoms with Crippen LogP contribution in [0.1, 0.15) is 12.8 Å². The second-order valence-electron chi connectivity index (χ2n) is 6.69. The fraction of sp³-hybridized carbons (Fsp3) is 0.286. The Hall–Kier alpha value is -2.34. The Bertz CT molecular complexity index is 868. The van der Waals surface area contributed by atoms with Crippen LogP contribution in [0.25, 0.3) is 22.3 Å². The zero-order chi connectivity index (χ0) is 17.9. The lowest BCUT2D eigenvalue weighted by atomic mass is 9.92. The number of rotatable bonds is 4. The lowest BCUT2D eigenvalue weighted by molar-refractivity contribution is -0.119. The minimum absolute atomic E-state index is 0. The van der Waals surface area contributed by atoms with Gasteiger partial charge in [0.1, 0.15) is 11.3 Å². The molecule has 0 bridgehead atoms. The maximum atomic E-state index is 12.4. The molecule has 1 aliphatic heterocycles. The summed E-state index contributed by atoms with van der Waals surface area (Å²) in [6.07, 6.45) is 1.67. The Morgan fingerprint density at radius 2 is 1.78 bits per heavy atom. The zero-order valence-corrected chi connectivity index (χ0v) is 15.7. The van der Waals surface area contributed by atoms with Gasteiger partial charge in [0.05, 0.1) is 6.04 Å². The minimum atomic E-state index is -0.506. The number of nitrogens with two attached hydrogens (primary N) is 1. The van der Waals surface area contributed by atoms with Crippen LogP contribution >= 0.6 is 12.4 Å². The monoisotopic (exact) mass is 386 g/mol. The molecule has 0 spiro atoms. The molecule has 1 amide bonds. The molecule has 142 valence electrons. The second kappa shape index (κ2) is 8.57. The molecule has 1 aliphatic rings. The molecular formula is C21H23ClN2O3. The van der Waals surface area contributed by atoms with Gasteiger partial charge in [0.25, 0.3) is 0 Å². The van der Waals surface area contributed by atoms with Crippen molar-refractivity contribution in [2.45, 2.75) is 18.9 Å². The van der Waals surface area contributed by atoms with Gasteiger partial charge in [0, 0.05) is 29.9 Å². The highest BCUT2D eigenvalue weighted by Crippen LogP contribution is 2.28. The summed E-state index contributed by atoms with van der Waals surface area (Å²) >= 11 is 0. The predicted molar refractivity (Wildman–Crippen MR) is 109 cm³/mol. The molecule has 0 saturated carbocycles. The van der Waals surface area contributed by atoms with Crippen molar-refractivity contribution in [1.82, 2.24) is 0 Å². The van der Waals surface area contributed by atoms with Crippen LogP contribution < -0.4 is 11.1 Å². The summed E-state index contributed by atoms with van der Waals surface area (Å²) in [4.78, 5) is 12.4. The number of para-hydroxylation sites is 1. The number of fused-ring (bicyclic) bond motifs is 1. The molecule has 1 atom stereocenters. The van der Waals surface area contributed by atoms with Crippen LogP contribution in [0.4, 0.5) is 5.69 Å². The smallest absolute Gasteiger partial charge is 0.241 e. The molecular weight excluding hydrogens is 364 g/mol. The average molecular weight is 387 g/mol. The van der Waals surface area contributed by atoms with Gasteiger partial charge in [-0.1, -0.05) is 18.2 Å². The molecule has 2 aromatic carbocycles. The highest BCUT2D eigenvalue weighted by atomic mass is 35.5. The first kappa shape index (κ1) is 19.4. The van der Waals surface area contributed by atoms with Gasteiger partial charge in [-0.2, -0.15) is 0 Å². The highest BCUT2D eigenvalue weighted by molar-refractivity contribution is 5.95. The number of hydrogen-bond donors (Lipinski definition) is 2. The number of furan rings is 1. The van der Waals surface area contributed by atoms with E-state index in [1.54, 1.807) is 0 Å². The number of carbonyl (C=O) groups is 1. The lowest BCUT2D eigenvalue weighted by Crippen LogP contribution is -2.43. The van der Waals surface area contributed by atoms with Gasteiger partial charge in [-0.25, -0.2) is 0 Å². The Balaban J connectivity index is 0.00000210. The van der Waals surface area contributed by atoms with E-state index in [0.29, 0.717) is 13.2 Å². The largest absolute Gasteiger partial charge is 0.456 e. The maximum absolute atomic E-state index is 12.4. The second-order valence-corrected chi connectivity index (χ2v) is 6.69. The number of hydrogen-bond acceptors (Lipinski definition) is 4. The summed E-state index contributed by atoms with van der Waals surface area (Å²) in [6, 6.07) is 17.0. The molecule has 0 radical (unpaired) electrons. The molecule has 2 heterocycles. The number of ether oxygens (including phenoxy) is 1. The number of amides is 1. The number of halogens is 1. The van der Waals surface area contributed by atoms with E-state index < -0.39 is 6.04 Å².